The van der Waals surface area contributed by atoms with Crippen LogP contribution in [0, 0.1) is 12.8 Å². The third kappa shape index (κ3) is 2.38. The van der Waals surface area contributed by atoms with Crippen molar-refractivity contribution in [2.24, 2.45) is 13.0 Å². The largest absolute Gasteiger partial charge is 0.329 e. The van der Waals surface area contributed by atoms with E-state index in [1.807, 2.05) is 29.7 Å². The molecule has 0 radical (unpaired) electrons. The fraction of sp³-hybridized carbons (Fsp3) is 0.353. The van der Waals surface area contributed by atoms with Gasteiger partial charge in [-0.1, -0.05) is 24.6 Å². The zero-order valence-electron chi connectivity index (χ0n) is 14.2. The molecule has 130 valence electrons. The first kappa shape index (κ1) is 16.0. The number of aromatic nitrogens is 4. The minimum absolute atomic E-state index is 0.305. The number of imidazole rings is 1. The number of aromatic amines is 1. The van der Waals surface area contributed by atoms with Gasteiger partial charge in [0.2, 0.25) is 5.95 Å². The molecular weight excluding hydrogens is 342 g/mol. The zero-order valence-corrected chi connectivity index (χ0v) is 15.0. The number of hydrogen-bond acceptors (Lipinski definition) is 4. The van der Waals surface area contributed by atoms with E-state index in [9.17, 15) is 9.59 Å². The standard InChI is InChI=1S/C17H18ClN5O2/c1-9-7-22(12-6-11(18)5-4-10(12)2)16-19-14-13(23(16)8-9)15(24)20-17(25)21(14)3/h4-6,9H,7-8H2,1-3H3,(H,20,24,25). The van der Waals surface area contributed by atoms with Crippen molar-refractivity contribution in [3.05, 3.63) is 49.6 Å². The molecule has 1 N–H and O–H groups in total. The Morgan fingerprint density at radius 1 is 1.28 bits per heavy atom. The van der Waals surface area contributed by atoms with E-state index in [4.69, 9.17) is 11.6 Å². The number of rotatable bonds is 1. The van der Waals surface area contributed by atoms with Gasteiger partial charge in [-0.3, -0.25) is 14.3 Å². The topological polar surface area (TPSA) is 75.9 Å². The molecule has 0 amide bonds. The van der Waals surface area contributed by atoms with Crippen molar-refractivity contribution < 1.29 is 0 Å². The van der Waals surface area contributed by atoms with Crippen LogP contribution in [0.2, 0.25) is 5.02 Å². The van der Waals surface area contributed by atoms with Crippen LogP contribution < -0.4 is 16.1 Å². The van der Waals surface area contributed by atoms with Crippen LogP contribution >= 0.6 is 11.6 Å². The summed E-state index contributed by atoms with van der Waals surface area (Å²) in [5.41, 5.74) is 1.97. The van der Waals surface area contributed by atoms with Gasteiger partial charge in [-0.15, -0.1) is 0 Å². The molecule has 3 heterocycles. The van der Waals surface area contributed by atoms with Crippen LogP contribution in [-0.4, -0.2) is 25.6 Å². The Kier molecular flexibility index (Phi) is 3.50. The predicted molar refractivity (Wildman–Crippen MR) is 98.0 cm³/mol. The molecule has 0 fully saturated rings. The number of nitrogens with one attached hydrogen (secondary N) is 1. The first-order valence-corrected chi connectivity index (χ1v) is 8.48. The number of hydrogen-bond donors (Lipinski definition) is 1. The zero-order chi connectivity index (χ0) is 17.9. The summed E-state index contributed by atoms with van der Waals surface area (Å²) in [5, 5.41) is 0.645. The second-order valence-electron chi connectivity index (χ2n) is 6.66. The molecule has 1 aliphatic heterocycles. The summed E-state index contributed by atoms with van der Waals surface area (Å²) in [4.78, 5) is 33.3. The van der Waals surface area contributed by atoms with E-state index in [-0.39, 0.29) is 0 Å². The lowest BCUT2D eigenvalue weighted by atomic mass is 10.1. The van der Waals surface area contributed by atoms with Crippen molar-refractivity contribution in [2.45, 2.75) is 20.4 Å². The van der Waals surface area contributed by atoms with Crippen molar-refractivity contribution in [2.75, 3.05) is 11.4 Å². The smallest absolute Gasteiger partial charge is 0.311 e. The van der Waals surface area contributed by atoms with Crippen LogP contribution in [0.3, 0.4) is 0 Å². The summed E-state index contributed by atoms with van der Waals surface area (Å²) in [6, 6.07) is 5.72. The molecule has 2 aromatic heterocycles. The Morgan fingerprint density at radius 2 is 2.04 bits per heavy atom. The Bertz CT molecular complexity index is 1110. The van der Waals surface area contributed by atoms with Gasteiger partial charge in [-0.2, -0.15) is 4.98 Å². The van der Waals surface area contributed by atoms with Gasteiger partial charge in [0.15, 0.2) is 11.2 Å². The molecule has 0 bridgehead atoms. The van der Waals surface area contributed by atoms with Crippen LogP contribution in [0.15, 0.2) is 27.8 Å². The maximum atomic E-state index is 12.4. The lowest BCUT2D eigenvalue weighted by molar-refractivity contribution is 0.458. The van der Waals surface area contributed by atoms with Crippen molar-refractivity contribution in [3.8, 4) is 0 Å². The summed E-state index contributed by atoms with van der Waals surface area (Å²) < 4.78 is 3.26. The second kappa shape index (κ2) is 5.49. The third-order valence-corrected chi connectivity index (χ3v) is 4.91. The minimum Gasteiger partial charge on any atom is -0.311 e. The molecule has 0 saturated carbocycles. The average molecular weight is 360 g/mol. The van der Waals surface area contributed by atoms with Gasteiger partial charge in [0, 0.05) is 30.8 Å². The molecule has 8 heteroatoms. The molecular formula is C17H18ClN5O2. The number of fused-ring (bicyclic) bond motifs is 3. The molecule has 0 aliphatic carbocycles. The average Bonchev–Trinajstić information content (AvgIpc) is 2.94. The van der Waals surface area contributed by atoms with E-state index in [2.05, 4.69) is 21.8 Å². The molecule has 25 heavy (non-hydrogen) atoms. The summed E-state index contributed by atoms with van der Waals surface area (Å²) in [6.45, 7) is 5.57. The molecule has 1 aromatic carbocycles. The van der Waals surface area contributed by atoms with E-state index < -0.39 is 11.2 Å². The van der Waals surface area contributed by atoms with E-state index in [1.165, 1.54) is 4.57 Å². The van der Waals surface area contributed by atoms with Crippen molar-refractivity contribution >= 4 is 34.4 Å². The minimum atomic E-state index is -0.466. The van der Waals surface area contributed by atoms with Crippen molar-refractivity contribution in [1.29, 1.82) is 0 Å². The monoisotopic (exact) mass is 359 g/mol. The molecule has 1 atom stereocenters. The predicted octanol–water partition coefficient (Wildman–Crippen LogP) is 2.17. The number of halogens is 1. The second-order valence-corrected chi connectivity index (χ2v) is 7.10. The Morgan fingerprint density at radius 3 is 2.80 bits per heavy atom. The molecule has 0 saturated heterocycles. The SMILES string of the molecule is Cc1ccc(Cl)cc1N1CC(C)Cn2c1nc1c2c(=O)[nH]c(=O)n1C. The first-order chi connectivity index (χ1) is 11.9. The highest BCUT2D eigenvalue weighted by Crippen LogP contribution is 2.35. The highest BCUT2D eigenvalue weighted by Gasteiger charge is 2.29. The van der Waals surface area contributed by atoms with Gasteiger partial charge in [0.1, 0.15) is 0 Å². The molecule has 1 unspecified atom stereocenters. The van der Waals surface area contributed by atoms with Crippen molar-refractivity contribution in [1.82, 2.24) is 19.1 Å². The summed E-state index contributed by atoms with van der Waals surface area (Å²) in [5.74, 6) is 0.963. The fourth-order valence-corrected chi connectivity index (χ4v) is 3.61. The van der Waals surface area contributed by atoms with Crippen LogP contribution in [0.5, 0.6) is 0 Å². The lowest BCUT2D eigenvalue weighted by Gasteiger charge is -2.33. The van der Waals surface area contributed by atoms with Gasteiger partial charge in [-0.25, -0.2) is 4.79 Å². The summed E-state index contributed by atoms with van der Waals surface area (Å²) in [6.07, 6.45) is 0. The summed E-state index contributed by atoms with van der Waals surface area (Å²) in [7, 11) is 1.61. The highest BCUT2D eigenvalue weighted by molar-refractivity contribution is 6.30. The van der Waals surface area contributed by atoms with Gasteiger partial charge in [0.05, 0.1) is 0 Å². The quantitative estimate of drug-likeness (QED) is 0.722. The fourth-order valence-electron chi connectivity index (χ4n) is 3.44. The van der Waals surface area contributed by atoms with Crippen LogP contribution in [-0.2, 0) is 13.6 Å². The van der Waals surface area contributed by atoms with E-state index in [1.54, 1.807) is 7.05 Å². The molecule has 4 rings (SSSR count). The highest BCUT2D eigenvalue weighted by atomic mass is 35.5. The Hall–Kier alpha value is -2.54. The van der Waals surface area contributed by atoms with E-state index in [0.717, 1.165) is 17.8 Å². The van der Waals surface area contributed by atoms with Gasteiger partial charge in [-0.05, 0) is 30.5 Å². The Labute approximate surface area is 148 Å². The number of nitrogens with zero attached hydrogens (tertiary/aromatic N) is 4. The van der Waals surface area contributed by atoms with Gasteiger partial charge in [0.25, 0.3) is 5.56 Å². The number of benzene rings is 1. The number of aryl methyl sites for hydroxylation is 2. The van der Waals surface area contributed by atoms with Gasteiger partial charge >= 0.3 is 5.69 Å². The van der Waals surface area contributed by atoms with E-state index >= 15 is 0 Å². The van der Waals surface area contributed by atoms with Crippen LogP contribution in [0.1, 0.15) is 12.5 Å². The normalized spacial score (nSPS) is 17.1. The summed E-state index contributed by atoms with van der Waals surface area (Å²) >= 11 is 6.20. The molecule has 1 aliphatic rings. The maximum Gasteiger partial charge on any atom is 0.329 e. The lowest BCUT2D eigenvalue weighted by Crippen LogP contribution is -2.35. The van der Waals surface area contributed by atoms with Crippen LogP contribution in [0.25, 0.3) is 11.2 Å². The molecule has 0 spiro atoms. The number of H-pyrrole nitrogens is 1. The Balaban J connectivity index is 2.04. The maximum absolute atomic E-state index is 12.4. The third-order valence-electron chi connectivity index (χ3n) is 4.68. The number of anilines is 2. The van der Waals surface area contributed by atoms with Gasteiger partial charge < -0.3 is 9.47 Å². The molecule has 3 aromatic rings. The van der Waals surface area contributed by atoms with Crippen molar-refractivity contribution in [3.63, 3.8) is 0 Å². The molecule has 7 nitrogen and oxygen atoms in total. The van der Waals surface area contributed by atoms with Crippen LogP contribution in [0.4, 0.5) is 11.6 Å². The van der Waals surface area contributed by atoms with E-state index in [0.29, 0.717) is 34.6 Å². The first-order valence-electron chi connectivity index (χ1n) is 8.10.